The van der Waals surface area contributed by atoms with Gasteiger partial charge in [-0.15, -0.1) is 0 Å². The number of hydrogen-bond acceptors (Lipinski definition) is 5. The molecule has 1 fully saturated rings. The molecule has 0 aliphatic carbocycles. The summed E-state index contributed by atoms with van der Waals surface area (Å²) in [5.41, 5.74) is 5.60. The van der Waals surface area contributed by atoms with Crippen LogP contribution in [-0.4, -0.2) is 48.7 Å². The highest BCUT2D eigenvalue weighted by atomic mass is 32.2. The molecule has 0 radical (unpaired) electrons. The highest BCUT2D eigenvalue weighted by molar-refractivity contribution is 7.89. The van der Waals surface area contributed by atoms with Crippen molar-refractivity contribution in [3.63, 3.8) is 0 Å². The number of methoxy groups -OCH3 is 1. The van der Waals surface area contributed by atoms with Gasteiger partial charge in [-0.1, -0.05) is 0 Å². The van der Waals surface area contributed by atoms with Crippen LogP contribution in [0.2, 0.25) is 0 Å². The van der Waals surface area contributed by atoms with Crippen molar-refractivity contribution in [2.45, 2.75) is 36.9 Å². The van der Waals surface area contributed by atoms with Crippen LogP contribution in [-0.2, 0) is 21.3 Å². The molecule has 1 atom stereocenters. The zero-order valence-electron chi connectivity index (χ0n) is 11.2. The fraction of sp³-hybridized carbons (Fsp3) is 0.727. The number of sulfonamides is 1. The van der Waals surface area contributed by atoms with Crippen LogP contribution < -0.4 is 5.73 Å². The molecule has 1 aromatic rings. The molecule has 1 unspecified atom stereocenters. The summed E-state index contributed by atoms with van der Waals surface area (Å²) >= 11 is 0. The first kappa shape index (κ1) is 14.4. The van der Waals surface area contributed by atoms with E-state index in [0.29, 0.717) is 18.7 Å². The summed E-state index contributed by atoms with van der Waals surface area (Å²) in [6.45, 7) is 2.89. The van der Waals surface area contributed by atoms with E-state index in [4.69, 9.17) is 10.5 Å². The number of aromatic amines is 1. The van der Waals surface area contributed by atoms with Crippen LogP contribution in [0.15, 0.2) is 11.2 Å². The maximum absolute atomic E-state index is 12.6. The minimum atomic E-state index is -3.59. The summed E-state index contributed by atoms with van der Waals surface area (Å²) in [6.07, 6.45) is 3.07. The van der Waals surface area contributed by atoms with Crippen LogP contribution in [0, 0.1) is 0 Å². The molecule has 0 saturated carbocycles. The van der Waals surface area contributed by atoms with Gasteiger partial charge in [0.1, 0.15) is 0 Å². The molecule has 1 aromatic heterocycles. The Labute approximate surface area is 113 Å². The van der Waals surface area contributed by atoms with E-state index in [1.165, 1.54) is 10.5 Å². The number of rotatable bonds is 4. The van der Waals surface area contributed by atoms with E-state index in [0.717, 1.165) is 12.8 Å². The van der Waals surface area contributed by atoms with E-state index in [1.54, 1.807) is 7.11 Å². The van der Waals surface area contributed by atoms with Crippen molar-refractivity contribution in [1.29, 1.82) is 0 Å². The van der Waals surface area contributed by atoms with Gasteiger partial charge in [0, 0.05) is 32.3 Å². The molecule has 108 valence electrons. The average molecular weight is 288 g/mol. The molecule has 19 heavy (non-hydrogen) atoms. The molecule has 8 heteroatoms. The van der Waals surface area contributed by atoms with E-state index in [1.807, 2.05) is 6.92 Å². The second kappa shape index (κ2) is 5.20. The van der Waals surface area contributed by atoms with Crippen molar-refractivity contribution in [1.82, 2.24) is 14.5 Å². The van der Waals surface area contributed by atoms with Crippen molar-refractivity contribution in [2.75, 3.05) is 20.2 Å². The molecule has 0 aromatic carbocycles. The zero-order chi connectivity index (χ0) is 14.1. The maximum atomic E-state index is 12.6. The SMILES string of the molecule is COC1(C)CCCN(S(=O)(=O)c2[nH]ncc2CN)C1. The van der Waals surface area contributed by atoms with Gasteiger partial charge in [0.15, 0.2) is 5.03 Å². The highest BCUT2D eigenvalue weighted by Gasteiger charge is 2.38. The molecule has 7 nitrogen and oxygen atoms in total. The van der Waals surface area contributed by atoms with Gasteiger partial charge >= 0.3 is 0 Å². The predicted octanol–water partition coefficient (Wildman–Crippen LogP) is 0.0580. The van der Waals surface area contributed by atoms with Crippen LogP contribution in [0.25, 0.3) is 0 Å². The van der Waals surface area contributed by atoms with Gasteiger partial charge in [0.05, 0.1) is 11.8 Å². The molecule has 3 N–H and O–H groups in total. The maximum Gasteiger partial charge on any atom is 0.260 e. The fourth-order valence-corrected chi connectivity index (χ4v) is 4.04. The monoisotopic (exact) mass is 288 g/mol. The van der Waals surface area contributed by atoms with Gasteiger partial charge in [-0.3, -0.25) is 5.10 Å². The highest BCUT2D eigenvalue weighted by Crippen LogP contribution is 2.28. The molecule has 0 bridgehead atoms. The van der Waals surface area contributed by atoms with Crippen LogP contribution in [0.5, 0.6) is 0 Å². The lowest BCUT2D eigenvalue weighted by Gasteiger charge is -2.38. The predicted molar refractivity (Wildman–Crippen MR) is 69.9 cm³/mol. The lowest BCUT2D eigenvalue weighted by atomic mass is 9.96. The van der Waals surface area contributed by atoms with Crippen molar-refractivity contribution in [3.8, 4) is 0 Å². The summed E-state index contributed by atoms with van der Waals surface area (Å²) in [7, 11) is -1.98. The normalized spacial score (nSPS) is 25.6. The van der Waals surface area contributed by atoms with E-state index in [2.05, 4.69) is 10.2 Å². The second-order valence-electron chi connectivity index (χ2n) is 5.02. The first-order chi connectivity index (χ1) is 8.93. The molecule has 1 aliphatic heterocycles. The number of aromatic nitrogens is 2. The first-order valence-corrected chi connectivity index (χ1v) is 7.64. The number of hydrogen-bond donors (Lipinski definition) is 2. The van der Waals surface area contributed by atoms with Gasteiger partial charge < -0.3 is 10.5 Å². The molecule has 2 heterocycles. The summed E-state index contributed by atoms with van der Waals surface area (Å²) in [4.78, 5) is 0. The number of piperidine rings is 1. The van der Waals surface area contributed by atoms with Gasteiger partial charge in [-0.2, -0.15) is 9.40 Å². The lowest BCUT2D eigenvalue weighted by molar-refractivity contribution is -0.0319. The van der Waals surface area contributed by atoms with Crippen molar-refractivity contribution in [2.24, 2.45) is 5.73 Å². The average Bonchev–Trinajstić information content (AvgIpc) is 2.88. The second-order valence-corrected chi connectivity index (χ2v) is 6.90. The summed E-state index contributed by atoms with van der Waals surface area (Å²) in [5, 5.41) is 6.40. The Morgan fingerprint density at radius 2 is 2.37 bits per heavy atom. The third-order valence-electron chi connectivity index (χ3n) is 3.61. The molecule has 2 rings (SSSR count). The summed E-state index contributed by atoms with van der Waals surface area (Å²) < 4.78 is 32.0. The Bertz CT molecular complexity index is 542. The molecule has 1 saturated heterocycles. The minimum absolute atomic E-state index is 0.0929. The third kappa shape index (κ3) is 2.66. The third-order valence-corrected chi connectivity index (χ3v) is 5.47. The van der Waals surface area contributed by atoms with E-state index >= 15 is 0 Å². The number of ether oxygens (including phenoxy) is 1. The smallest absolute Gasteiger partial charge is 0.260 e. The fourth-order valence-electron chi connectivity index (χ4n) is 2.33. The Kier molecular flexibility index (Phi) is 3.95. The Morgan fingerprint density at radius 3 is 3.00 bits per heavy atom. The summed E-state index contributed by atoms with van der Waals surface area (Å²) in [6, 6.07) is 0. The van der Waals surface area contributed by atoms with Gasteiger partial charge in [-0.05, 0) is 19.8 Å². The minimum Gasteiger partial charge on any atom is -0.377 e. The first-order valence-electron chi connectivity index (χ1n) is 6.20. The van der Waals surface area contributed by atoms with E-state index in [-0.39, 0.29) is 11.6 Å². The van der Waals surface area contributed by atoms with Crippen molar-refractivity contribution in [3.05, 3.63) is 11.8 Å². The number of nitrogens with one attached hydrogen (secondary N) is 1. The lowest BCUT2D eigenvalue weighted by Crippen LogP contribution is -2.49. The van der Waals surface area contributed by atoms with Crippen LogP contribution in [0.1, 0.15) is 25.3 Å². The quantitative estimate of drug-likeness (QED) is 0.815. The molecular weight excluding hydrogens is 268 g/mol. The van der Waals surface area contributed by atoms with Crippen molar-refractivity contribution >= 4 is 10.0 Å². The Hall–Kier alpha value is -0.960. The standard InChI is InChI=1S/C11H20N4O3S/c1-11(18-2)4-3-5-15(8-11)19(16,17)10-9(6-12)7-13-14-10/h7H,3-6,8,12H2,1-2H3,(H,13,14). The summed E-state index contributed by atoms with van der Waals surface area (Å²) in [5.74, 6) is 0. The number of nitrogens with zero attached hydrogens (tertiary/aromatic N) is 2. The van der Waals surface area contributed by atoms with E-state index in [9.17, 15) is 8.42 Å². The number of H-pyrrole nitrogens is 1. The van der Waals surface area contributed by atoms with Crippen LogP contribution in [0.4, 0.5) is 0 Å². The molecular formula is C11H20N4O3S. The van der Waals surface area contributed by atoms with Crippen LogP contribution >= 0.6 is 0 Å². The van der Waals surface area contributed by atoms with Gasteiger partial charge in [0.25, 0.3) is 10.0 Å². The van der Waals surface area contributed by atoms with Gasteiger partial charge in [0.2, 0.25) is 0 Å². The Morgan fingerprint density at radius 1 is 1.63 bits per heavy atom. The Balaban J connectivity index is 2.30. The molecule has 0 spiro atoms. The molecule has 0 amide bonds. The largest absolute Gasteiger partial charge is 0.377 e. The van der Waals surface area contributed by atoms with Gasteiger partial charge in [-0.25, -0.2) is 8.42 Å². The van der Waals surface area contributed by atoms with Crippen molar-refractivity contribution < 1.29 is 13.2 Å². The topological polar surface area (TPSA) is 101 Å². The van der Waals surface area contributed by atoms with Crippen LogP contribution in [0.3, 0.4) is 0 Å². The number of nitrogens with two attached hydrogens (primary N) is 1. The zero-order valence-corrected chi connectivity index (χ0v) is 12.0. The molecule has 1 aliphatic rings. The van der Waals surface area contributed by atoms with E-state index < -0.39 is 15.6 Å².